The van der Waals surface area contributed by atoms with Crippen LogP contribution in [0.2, 0.25) is 0 Å². The molecule has 88 valence electrons. The number of aliphatic hydroxyl groups excluding tert-OH is 1. The van der Waals surface area contributed by atoms with Crippen molar-refractivity contribution in [1.82, 2.24) is 0 Å². The van der Waals surface area contributed by atoms with Crippen LogP contribution in [0.25, 0.3) is 0 Å². The molecule has 1 unspecified atom stereocenters. The van der Waals surface area contributed by atoms with E-state index in [2.05, 4.69) is 6.19 Å². The number of rotatable bonds is 0. The van der Waals surface area contributed by atoms with Gasteiger partial charge in [0, 0.05) is 12.0 Å². The van der Waals surface area contributed by atoms with E-state index in [-0.39, 0.29) is 0 Å². The predicted octanol–water partition coefficient (Wildman–Crippen LogP) is 2.90. The Morgan fingerprint density at radius 1 is 1.06 bits per heavy atom. The zero-order chi connectivity index (χ0) is 12.5. The van der Waals surface area contributed by atoms with Gasteiger partial charge >= 0.3 is 0 Å². The molecule has 2 aromatic rings. The maximum absolute atomic E-state index is 10.3. The molecule has 0 amide bonds. The molecule has 3 rings (SSSR count). The van der Waals surface area contributed by atoms with E-state index in [0.29, 0.717) is 6.42 Å². The molecule has 1 aliphatic heterocycles. The number of para-hydroxylation sites is 2. The van der Waals surface area contributed by atoms with Gasteiger partial charge in [0.05, 0.1) is 17.5 Å². The lowest BCUT2D eigenvalue weighted by molar-refractivity contribution is 0.180. The summed E-state index contributed by atoms with van der Waals surface area (Å²) in [7, 11) is 0. The van der Waals surface area contributed by atoms with E-state index >= 15 is 0 Å². The summed E-state index contributed by atoms with van der Waals surface area (Å²) in [6.07, 6.45) is 2.16. The van der Waals surface area contributed by atoms with Crippen molar-refractivity contribution in [3.63, 3.8) is 0 Å². The van der Waals surface area contributed by atoms with Gasteiger partial charge in [-0.3, -0.25) is 0 Å². The molecule has 0 fully saturated rings. The van der Waals surface area contributed by atoms with Crippen molar-refractivity contribution >= 4 is 11.4 Å². The first-order chi connectivity index (χ1) is 8.81. The summed E-state index contributed by atoms with van der Waals surface area (Å²) < 4.78 is 0. The highest BCUT2D eigenvalue weighted by Crippen LogP contribution is 2.39. The summed E-state index contributed by atoms with van der Waals surface area (Å²) in [5, 5.41) is 19.7. The van der Waals surface area contributed by atoms with Crippen LogP contribution in [-0.2, 0) is 6.42 Å². The Balaban J connectivity index is 2.27. The Morgan fingerprint density at radius 2 is 1.72 bits per heavy atom. The molecule has 0 radical (unpaired) electrons. The molecule has 3 heteroatoms. The fourth-order valence-corrected chi connectivity index (χ4v) is 2.43. The molecule has 1 heterocycles. The third-order valence-corrected chi connectivity index (χ3v) is 3.28. The van der Waals surface area contributed by atoms with E-state index < -0.39 is 6.10 Å². The lowest BCUT2D eigenvalue weighted by Crippen LogP contribution is -2.10. The molecule has 1 N–H and O–H groups in total. The van der Waals surface area contributed by atoms with Crippen LogP contribution in [0.4, 0.5) is 11.4 Å². The molecule has 1 atom stereocenters. The van der Waals surface area contributed by atoms with E-state index in [4.69, 9.17) is 0 Å². The number of anilines is 2. The Hall–Kier alpha value is -2.31. The minimum Gasteiger partial charge on any atom is -0.388 e. The van der Waals surface area contributed by atoms with E-state index in [9.17, 15) is 10.4 Å². The fraction of sp³-hybridized carbons (Fsp3) is 0.133. The van der Waals surface area contributed by atoms with Crippen molar-refractivity contribution in [2.45, 2.75) is 12.5 Å². The van der Waals surface area contributed by atoms with E-state index in [1.165, 1.54) is 0 Å². The van der Waals surface area contributed by atoms with Gasteiger partial charge in [-0.1, -0.05) is 36.4 Å². The Kier molecular flexibility index (Phi) is 2.51. The summed E-state index contributed by atoms with van der Waals surface area (Å²) in [5.74, 6) is 0. The van der Waals surface area contributed by atoms with Crippen molar-refractivity contribution in [3.8, 4) is 6.19 Å². The van der Waals surface area contributed by atoms with Crippen LogP contribution >= 0.6 is 0 Å². The highest BCUT2D eigenvalue weighted by Gasteiger charge is 2.24. The topological polar surface area (TPSA) is 47.3 Å². The molecule has 3 nitrogen and oxygen atoms in total. The lowest BCUT2D eigenvalue weighted by Gasteiger charge is -2.18. The number of benzene rings is 2. The summed E-state index contributed by atoms with van der Waals surface area (Å²) >= 11 is 0. The number of fused-ring (bicyclic) bond motifs is 2. The molecule has 18 heavy (non-hydrogen) atoms. The molecule has 0 spiro atoms. The lowest BCUT2D eigenvalue weighted by atomic mass is 10.0. The second kappa shape index (κ2) is 4.17. The largest absolute Gasteiger partial charge is 0.388 e. The van der Waals surface area contributed by atoms with Crippen molar-refractivity contribution < 1.29 is 5.11 Å². The van der Waals surface area contributed by atoms with E-state index in [0.717, 1.165) is 22.5 Å². The van der Waals surface area contributed by atoms with Gasteiger partial charge in [0.1, 0.15) is 0 Å². The zero-order valence-corrected chi connectivity index (χ0v) is 9.74. The number of aliphatic hydroxyl groups is 1. The third kappa shape index (κ3) is 1.55. The minimum atomic E-state index is -0.569. The average Bonchev–Trinajstić information content (AvgIpc) is 2.53. The molecule has 1 aliphatic rings. The number of nitrogens with zero attached hydrogens (tertiary/aromatic N) is 2. The maximum Gasteiger partial charge on any atom is 0.189 e. The maximum atomic E-state index is 10.3. The first-order valence-electron chi connectivity index (χ1n) is 5.86. The monoisotopic (exact) mass is 236 g/mol. The molecule has 0 bridgehead atoms. The average molecular weight is 236 g/mol. The number of nitriles is 1. The van der Waals surface area contributed by atoms with Crippen LogP contribution in [0.1, 0.15) is 17.2 Å². The van der Waals surface area contributed by atoms with Crippen LogP contribution < -0.4 is 4.90 Å². The molecule has 2 aromatic carbocycles. The van der Waals surface area contributed by atoms with Gasteiger partial charge in [0.2, 0.25) is 0 Å². The second-order valence-corrected chi connectivity index (χ2v) is 4.34. The fourth-order valence-electron chi connectivity index (χ4n) is 2.43. The summed E-state index contributed by atoms with van der Waals surface area (Å²) in [6, 6.07) is 15.2. The van der Waals surface area contributed by atoms with Gasteiger partial charge in [-0.2, -0.15) is 5.26 Å². The zero-order valence-electron chi connectivity index (χ0n) is 9.74. The van der Waals surface area contributed by atoms with Crippen molar-refractivity contribution in [2.75, 3.05) is 4.90 Å². The first-order valence-corrected chi connectivity index (χ1v) is 5.86. The first kappa shape index (κ1) is 10.8. The van der Waals surface area contributed by atoms with Crippen LogP contribution in [0.3, 0.4) is 0 Å². The molecule has 0 aliphatic carbocycles. The quantitative estimate of drug-likeness (QED) is 0.715. The molecular weight excluding hydrogens is 224 g/mol. The van der Waals surface area contributed by atoms with Crippen LogP contribution in [0, 0.1) is 11.5 Å². The number of hydrogen-bond acceptors (Lipinski definition) is 3. The van der Waals surface area contributed by atoms with Crippen molar-refractivity contribution in [2.24, 2.45) is 0 Å². The van der Waals surface area contributed by atoms with Gasteiger partial charge in [0.15, 0.2) is 6.19 Å². The smallest absolute Gasteiger partial charge is 0.189 e. The van der Waals surface area contributed by atoms with Crippen molar-refractivity contribution in [1.29, 1.82) is 5.26 Å². The highest BCUT2D eigenvalue weighted by molar-refractivity contribution is 5.74. The summed E-state index contributed by atoms with van der Waals surface area (Å²) in [4.78, 5) is 1.58. The van der Waals surface area contributed by atoms with Gasteiger partial charge < -0.3 is 5.11 Å². The van der Waals surface area contributed by atoms with Crippen LogP contribution in [-0.4, -0.2) is 5.11 Å². The summed E-state index contributed by atoms with van der Waals surface area (Å²) in [5.41, 5.74) is 3.40. The number of hydrogen-bond donors (Lipinski definition) is 1. The molecule has 0 aromatic heterocycles. The molecular formula is C15H12N2O. The van der Waals surface area contributed by atoms with Gasteiger partial charge in [-0.15, -0.1) is 0 Å². The molecule has 0 saturated carbocycles. The van der Waals surface area contributed by atoms with E-state index in [1.807, 2.05) is 48.5 Å². The highest BCUT2D eigenvalue weighted by atomic mass is 16.3. The molecule has 0 saturated heterocycles. The standard InChI is InChI=1S/C15H12N2O/c16-10-17-13-7-3-1-5-11(13)9-15(18)12-6-2-4-8-14(12)17/h1-8,15,18H,9H2. The van der Waals surface area contributed by atoms with Gasteiger partial charge in [-0.25, -0.2) is 4.90 Å². The Labute approximate surface area is 106 Å². The van der Waals surface area contributed by atoms with Gasteiger partial charge in [0.25, 0.3) is 0 Å². The minimum absolute atomic E-state index is 0.533. The van der Waals surface area contributed by atoms with Crippen LogP contribution in [0.5, 0.6) is 0 Å². The van der Waals surface area contributed by atoms with Crippen LogP contribution in [0.15, 0.2) is 48.5 Å². The van der Waals surface area contributed by atoms with E-state index in [1.54, 1.807) is 4.90 Å². The normalized spacial score (nSPS) is 17.3. The third-order valence-electron chi connectivity index (χ3n) is 3.28. The Bertz CT molecular complexity index is 630. The SMILES string of the molecule is N#CN1c2ccccc2CC(O)c2ccccc21. The Morgan fingerprint density at radius 3 is 2.50 bits per heavy atom. The second-order valence-electron chi connectivity index (χ2n) is 4.34. The summed E-state index contributed by atoms with van der Waals surface area (Å²) in [6.45, 7) is 0. The predicted molar refractivity (Wildman–Crippen MR) is 69.3 cm³/mol. The van der Waals surface area contributed by atoms with Crippen molar-refractivity contribution in [3.05, 3.63) is 59.7 Å². The van der Waals surface area contributed by atoms with Gasteiger partial charge in [-0.05, 0) is 17.7 Å².